The molecule has 0 radical (unpaired) electrons. The molecule has 0 aliphatic carbocycles. The number of hydrogen-bond acceptors (Lipinski definition) is 4. The zero-order valence-corrected chi connectivity index (χ0v) is 9.84. The lowest BCUT2D eigenvalue weighted by molar-refractivity contribution is 0.0219. The van der Waals surface area contributed by atoms with Gasteiger partial charge in [-0.2, -0.15) is 0 Å². The van der Waals surface area contributed by atoms with Crippen LogP contribution in [0.4, 0.5) is 10.5 Å². The summed E-state index contributed by atoms with van der Waals surface area (Å²) in [7, 11) is 1.55. The molecule has 17 heavy (non-hydrogen) atoms. The summed E-state index contributed by atoms with van der Waals surface area (Å²) in [5.74, 6) is 0.603. The molecule has 1 aromatic rings. The fraction of sp³-hybridized carbons (Fsp3) is 0.417. The molecule has 1 amide bonds. The Morgan fingerprint density at radius 1 is 1.53 bits per heavy atom. The van der Waals surface area contributed by atoms with E-state index in [1.54, 1.807) is 26.2 Å². The average molecular weight is 237 g/mol. The highest BCUT2D eigenvalue weighted by Crippen LogP contribution is 2.33. The molecule has 1 heterocycles. The number of aliphatic hydroxyl groups excluding tert-OH is 1. The molecule has 1 atom stereocenters. The van der Waals surface area contributed by atoms with E-state index in [-0.39, 0.29) is 6.61 Å². The molecule has 5 heteroatoms. The second-order valence-electron chi connectivity index (χ2n) is 4.23. The van der Waals surface area contributed by atoms with Gasteiger partial charge in [-0.3, -0.25) is 4.90 Å². The number of methoxy groups -OCH3 is 1. The van der Waals surface area contributed by atoms with E-state index in [2.05, 4.69) is 0 Å². The summed E-state index contributed by atoms with van der Waals surface area (Å²) in [6, 6.07) is 7.20. The number of carbonyl (C=O) groups excluding carboxylic acids is 1. The summed E-state index contributed by atoms with van der Waals surface area (Å²) >= 11 is 0. The summed E-state index contributed by atoms with van der Waals surface area (Å²) in [5, 5.41) is 9.20. The maximum atomic E-state index is 11.8. The zero-order valence-electron chi connectivity index (χ0n) is 9.84. The Morgan fingerprint density at radius 2 is 2.24 bits per heavy atom. The first kappa shape index (κ1) is 11.7. The van der Waals surface area contributed by atoms with E-state index in [9.17, 15) is 9.90 Å². The number of benzene rings is 1. The van der Waals surface area contributed by atoms with Crippen LogP contribution in [0.3, 0.4) is 0 Å². The lowest BCUT2D eigenvalue weighted by Crippen LogP contribution is -2.34. The van der Waals surface area contributed by atoms with Gasteiger partial charge >= 0.3 is 6.09 Å². The van der Waals surface area contributed by atoms with Crippen LogP contribution in [0.2, 0.25) is 0 Å². The van der Waals surface area contributed by atoms with E-state index in [0.29, 0.717) is 18.0 Å². The van der Waals surface area contributed by atoms with Crippen molar-refractivity contribution in [2.45, 2.75) is 12.5 Å². The maximum absolute atomic E-state index is 11.8. The van der Waals surface area contributed by atoms with Crippen LogP contribution in [0.1, 0.15) is 6.92 Å². The minimum absolute atomic E-state index is 0.204. The number of ether oxygens (including phenoxy) is 2. The number of para-hydroxylation sites is 2. The van der Waals surface area contributed by atoms with Gasteiger partial charge in [0.1, 0.15) is 5.75 Å². The second kappa shape index (κ2) is 4.25. The van der Waals surface area contributed by atoms with E-state index in [1.165, 1.54) is 4.90 Å². The normalized spacial score (nSPS) is 23.7. The second-order valence-corrected chi connectivity index (χ2v) is 4.23. The van der Waals surface area contributed by atoms with Crippen molar-refractivity contribution in [2.75, 3.05) is 25.2 Å². The van der Waals surface area contributed by atoms with Crippen molar-refractivity contribution in [1.82, 2.24) is 0 Å². The van der Waals surface area contributed by atoms with Gasteiger partial charge in [0.15, 0.2) is 5.60 Å². The first-order valence-electron chi connectivity index (χ1n) is 5.34. The molecular formula is C12H15NO4. The zero-order chi connectivity index (χ0) is 12.5. The third kappa shape index (κ3) is 2.06. The van der Waals surface area contributed by atoms with E-state index < -0.39 is 11.7 Å². The smallest absolute Gasteiger partial charge is 0.415 e. The van der Waals surface area contributed by atoms with E-state index >= 15 is 0 Å². The molecule has 0 spiro atoms. The molecule has 1 N–H and O–H groups in total. The van der Waals surface area contributed by atoms with E-state index in [4.69, 9.17) is 9.47 Å². The molecule has 0 saturated carbocycles. The van der Waals surface area contributed by atoms with Gasteiger partial charge in [-0.25, -0.2) is 4.79 Å². The Morgan fingerprint density at radius 3 is 2.82 bits per heavy atom. The molecule has 92 valence electrons. The fourth-order valence-corrected chi connectivity index (χ4v) is 1.82. The molecule has 2 rings (SSSR count). The van der Waals surface area contributed by atoms with Gasteiger partial charge in [-0.1, -0.05) is 12.1 Å². The van der Waals surface area contributed by atoms with Crippen molar-refractivity contribution < 1.29 is 19.4 Å². The number of hydrogen-bond donors (Lipinski definition) is 1. The SMILES string of the molecule is COc1ccccc1N1CC(C)(CO)OC1=O. The van der Waals surface area contributed by atoms with E-state index in [0.717, 1.165) is 0 Å². The number of rotatable bonds is 3. The first-order chi connectivity index (χ1) is 8.09. The minimum atomic E-state index is -0.849. The molecule has 0 aromatic heterocycles. The number of carbonyl (C=O) groups is 1. The summed E-state index contributed by atoms with van der Waals surface area (Å²) in [5.41, 5.74) is -0.199. The predicted octanol–water partition coefficient (Wildman–Crippen LogP) is 1.40. The molecule has 1 aliphatic rings. The van der Waals surface area contributed by atoms with Crippen LogP contribution in [0.15, 0.2) is 24.3 Å². The van der Waals surface area contributed by atoms with Gasteiger partial charge in [0.2, 0.25) is 0 Å². The number of amides is 1. The fourth-order valence-electron chi connectivity index (χ4n) is 1.82. The maximum Gasteiger partial charge on any atom is 0.415 e. The monoisotopic (exact) mass is 237 g/mol. The van der Waals surface area contributed by atoms with Gasteiger partial charge in [0.05, 0.1) is 25.9 Å². The summed E-state index contributed by atoms with van der Waals surface area (Å²) < 4.78 is 10.3. The number of nitrogens with zero attached hydrogens (tertiary/aromatic N) is 1. The molecule has 0 bridgehead atoms. The van der Waals surface area contributed by atoms with Crippen LogP contribution in [0.25, 0.3) is 0 Å². The first-order valence-corrected chi connectivity index (χ1v) is 5.34. The third-order valence-corrected chi connectivity index (χ3v) is 2.76. The van der Waals surface area contributed by atoms with Crippen LogP contribution >= 0.6 is 0 Å². The third-order valence-electron chi connectivity index (χ3n) is 2.76. The Kier molecular flexibility index (Phi) is 2.93. The van der Waals surface area contributed by atoms with Gasteiger partial charge in [-0.05, 0) is 19.1 Å². The van der Waals surface area contributed by atoms with Crippen molar-refractivity contribution in [3.63, 3.8) is 0 Å². The standard InChI is InChI=1S/C12H15NO4/c1-12(8-14)7-13(11(15)17-12)9-5-3-4-6-10(9)16-2/h3-6,14H,7-8H2,1-2H3. The Balaban J connectivity index is 2.32. The molecule has 1 saturated heterocycles. The average Bonchev–Trinajstić information content (AvgIpc) is 2.65. The molecular weight excluding hydrogens is 222 g/mol. The number of aliphatic hydroxyl groups is 1. The van der Waals surface area contributed by atoms with Crippen molar-refractivity contribution in [1.29, 1.82) is 0 Å². The van der Waals surface area contributed by atoms with Gasteiger partial charge in [-0.15, -0.1) is 0 Å². The van der Waals surface area contributed by atoms with Crippen molar-refractivity contribution in [2.24, 2.45) is 0 Å². The highest BCUT2D eigenvalue weighted by atomic mass is 16.6. The molecule has 1 unspecified atom stereocenters. The van der Waals surface area contributed by atoms with Gasteiger partial charge in [0, 0.05) is 0 Å². The number of anilines is 1. The van der Waals surface area contributed by atoms with Gasteiger partial charge < -0.3 is 14.6 Å². The topological polar surface area (TPSA) is 59.0 Å². The van der Waals surface area contributed by atoms with Crippen molar-refractivity contribution in [3.8, 4) is 5.75 Å². The van der Waals surface area contributed by atoms with Crippen molar-refractivity contribution >= 4 is 11.8 Å². The quantitative estimate of drug-likeness (QED) is 0.863. The van der Waals surface area contributed by atoms with Crippen LogP contribution in [-0.2, 0) is 4.74 Å². The van der Waals surface area contributed by atoms with Crippen LogP contribution in [-0.4, -0.2) is 37.1 Å². The summed E-state index contributed by atoms with van der Waals surface area (Å²) in [4.78, 5) is 13.2. The van der Waals surface area contributed by atoms with Crippen molar-refractivity contribution in [3.05, 3.63) is 24.3 Å². The highest BCUT2D eigenvalue weighted by Gasteiger charge is 2.42. The molecule has 1 aliphatic heterocycles. The summed E-state index contributed by atoms with van der Waals surface area (Å²) in [6.07, 6.45) is -0.467. The Bertz CT molecular complexity index is 434. The molecule has 5 nitrogen and oxygen atoms in total. The summed E-state index contributed by atoms with van der Waals surface area (Å²) in [6.45, 7) is 1.80. The Hall–Kier alpha value is -1.75. The largest absolute Gasteiger partial charge is 0.495 e. The minimum Gasteiger partial charge on any atom is -0.495 e. The molecule has 1 aromatic carbocycles. The number of cyclic esters (lactones) is 1. The highest BCUT2D eigenvalue weighted by molar-refractivity contribution is 5.92. The predicted molar refractivity (Wildman–Crippen MR) is 62.3 cm³/mol. The lowest BCUT2D eigenvalue weighted by atomic mass is 10.1. The van der Waals surface area contributed by atoms with Gasteiger partial charge in [0.25, 0.3) is 0 Å². The van der Waals surface area contributed by atoms with Crippen LogP contribution in [0.5, 0.6) is 5.75 Å². The Labute approximate surface area is 99.6 Å². The van der Waals surface area contributed by atoms with Crippen LogP contribution in [0, 0.1) is 0 Å². The van der Waals surface area contributed by atoms with Crippen LogP contribution < -0.4 is 9.64 Å². The lowest BCUT2D eigenvalue weighted by Gasteiger charge is -2.19. The van der Waals surface area contributed by atoms with E-state index in [1.807, 2.05) is 12.1 Å². The molecule has 1 fully saturated rings.